The Hall–Kier alpha value is -1.21. The molecule has 0 spiro atoms. The van der Waals surface area contributed by atoms with Gasteiger partial charge >= 0.3 is 0 Å². The van der Waals surface area contributed by atoms with Crippen molar-refractivity contribution in [1.82, 2.24) is 4.90 Å². The van der Waals surface area contributed by atoms with E-state index in [1.54, 1.807) is 0 Å². The van der Waals surface area contributed by atoms with Crippen LogP contribution >= 0.6 is 11.6 Å². The van der Waals surface area contributed by atoms with E-state index in [0.717, 1.165) is 31.2 Å². The van der Waals surface area contributed by atoms with Gasteiger partial charge in [-0.3, -0.25) is 4.79 Å². The Morgan fingerprint density at radius 3 is 2.65 bits per heavy atom. The molecule has 1 aromatic rings. The summed E-state index contributed by atoms with van der Waals surface area (Å²) in [4.78, 5) is 14.0. The topological polar surface area (TPSA) is 54.5 Å². The Kier molecular flexibility index (Phi) is 5.62. The summed E-state index contributed by atoms with van der Waals surface area (Å²) in [5, 5.41) is -0.383. The second-order valence-electron chi connectivity index (χ2n) is 5.81. The Morgan fingerprint density at radius 1 is 1.30 bits per heavy atom. The van der Waals surface area contributed by atoms with E-state index in [9.17, 15) is 22.0 Å². The van der Waals surface area contributed by atoms with E-state index >= 15 is 0 Å². The lowest BCUT2D eigenvalue weighted by molar-refractivity contribution is 0.0603. The summed E-state index contributed by atoms with van der Waals surface area (Å²) in [7, 11) is -3.15. The second-order valence-corrected chi connectivity index (χ2v) is 8.48. The van der Waals surface area contributed by atoms with Gasteiger partial charge in [0.2, 0.25) is 0 Å². The van der Waals surface area contributed by atoms with Crippen LogP contribution in [0.3, 0.4) is 0 Å². The van der Waals surface area contributed by atoms with Crippen molar-refractivity contribution in [3.05, 3.63) is 34.4 Å². The molecule has 1 amide bonds. The van der Waals surface area contributed by atoms with Crippen molar-refractivity contribution in [2.24, 2.45) is 0 Å². The maximum Gasteiger partial charge on any atom is 0.257 e. The molecule has 0 aromatic heterocycles. The van der Waals surface area contributed by atoms with Crippen LogP contribution in [-0.4, -0.2) is 43.8 Å². The summed E-state index contributed by atoms with van der Waals surface area (Å²) in [5.41, 5.74) is -0.377. The molecule has 0 radical (unpaired) electrons. The number of hydrogen-bond acceptors (Lipinski definition) is 3. The fourth-order valence-electron chi connectivity index (χ4n) is 2.76. The molecule has 8 heteroatoms. The Morgan fingerprint density at radius 2 is 2.00 bits per heavy atom. The predicted molar refractivity (Wildman–Crippen MR) is 84.4 cm³/mol. The van der Waals surface area contributed by atoms with E-state index in [-0.39, 0.29) is 22.4 Å². The molecule has 0 saturated carbocycles. The molecule has 1 fully saturated rings. The summed E-state index contributed by atoms with van der Waals surface area (Å²) in [5.74, 6) is -2.41. The fourth-order valence-corrected chi connectivity index (χ4v) is 3.61. The van der Waals surface area contributed by atoms with Crippen molar-refractivity contribution in [3.63, 3.8) is 0 Å². The molecular weight excluding hydrogens is 348 g/mol. The van der Waals surface area contributed by atoms with Gasteiger partial charge in [0.05, 0.1) is 16.3 Å². The number of hydrogen-bond donors (Lipinski definition) is 0. The number of carbonyl (C=O) groups excluding carboxylic acids is 1. The number of likely N-dealkylation sites (tertiary alicyclic amines) is 1. The highest BCUT2D eigenvalue weighted by Crippen LogP contribution is 2.25. The Labute approximate surface area is 139 Å². The summed E-state index contributed by atoms with van der Waals surface area (Å²) in [6.07, 6.45) is 3.70. The van der Waals surface area contributed by atoms with Crippen molar-refractivity contribution < 1.29 is 22.0 Å². The third-order valence-corrected chi connectivity index (χ3v) is 5.22. The first-order valence-corrected chi connectivity index (χ1v) is 9.76. The molecule has 0 N–H and O–H groups in total. The van der Waals surface area contributed by atoms with Crippen molar-refractivity contribution in [2.45, 2.75) is 31.7 Å². The molecule has 1 atom stereocenters. The lowest BCUT2D eigenvalue weighted by Gasteiger charge is -2.36. The minimum atomic E-state index is -3.15. The van der Waals surface area contributed by atoms with Gasteiger partial charge in [-0.1, -0.05) is 11.6 Å². The van der Waals surface area contributed by atoms with Crippen LogP contribution in [0.15, 0.2) is 12.1 Å². The quantitative estimate of drug-likeness (QED) is 0.770. The van der Waals surface area contributed by atoms with E-state index in [0.29, 0.717) is 19.4 Å². The van der Waals surface area contributed by atoms with Gasteiger partial charge < -0.3 is 4.90 Å². The molecule has 0 aliphatic carbocycles. The van der Waals surface area contributed by atoms with Gasteiger partial charge in [-0.2, -0.15) is 0 Å². The molecular formula is C15H18ClF2NO3S. The normalized spacial score (nSPS) is 19.0. The molecule has 1 heterocycles. The van der Waals surface area contributed by atoms with Gasteiger partial charge in [0.1, 0.15) is 21.5 Å². The number of carbonyl (C=O) groups is 1. The predicted octanol–water partition coefficient (Wildman–Crippen LogP) is 3.05. The molecule has 23 heavy (non-hydrogen) atoms. The molecule has 0 bridgehead atoms. The summed E-state index contributed by atoms with van der Waals surface area (Å²) in [6.45, 7) is 0.400. The first kappa shape index (κ1) is 18.1. The average molecular weight is 366 g/mol. The maximum atomic E-state index is 13.9. The van der Waals surface area contributed by atoms with Gasteiger partial charge in [-0.05, 0) is 37.8 Å². The first-order valence-electron chi connectivity index (χ1n) is 7.32. The monoisotopic (exact) mass is 365 g/mol. The van der Waals surface area contributed by atoms with E-state index in [1.807, 2.05) is 0 Å². The molecule has 128 valence electrons. The van der Waals surface area contributed by atoms with Crippen LogP contribution in [0.2, 0.25) is 5.02 Å². The lowest BCUT2D eigenvalue weighted by atomic mass is 9.98. The summed E-state index contributed by atoms with van der Waals surface area (Å²) >= 11 is 5.50. The van der Waals surface area contributed by atoms with Gasteiger partial charge in [0.15, 0.2) is 0 Å². The van der Waals surface area contributed by atoms with Gasteiger partial charge in [0.25, 0.3) is 5.91 Å². The minimum absolute atomic E-state index is 0.0428. The number of nitrogens with zero attached hydrogens (tertiary/aromatic N) is 1. The molecule has 4 nitrogen and oxygen atoms in total. The van der Waals surface area contributed by atoms with E-state index in [2.05, 4.69) is 0 Å². The molecule has 1 aromatic carbocycles. The van der Waals surface area contributed by atoms with Crippen LogP contribution < -0.4 is 0 Å². The highest BCUT2D eigenvalue weighted by Gasteiger charge is 2.30. The molecule has 0 unspecified atom stereocenters. The zero-order chi connectivity index (χ0) is 17.2. The number of benzene rings is 1. The zero-order valence-electron chi connectivity index (χ0n) is 12.7. The van der Waals surface area contributed by atoms with Gasteiger partial charge in [-0.25, -0.2) is 17.2 Å². The number of halogens is 3. The molecule has 1 saturated heterocycles. The standard InChI is InChI=1S/C15H18ClF2NO3S/c1-23(21,22)7-5-10-4-2-3-6-19(10)15(20)11-8-14(18)12(16)9-13(11)17/h8-10H,2-7H2,1H3/t10-/m1/s1. The Bertz CT molecular complexity index is 709. The summed E-state index contributed by atoms with van der Waals surface area (Å²) < 4.78 is 50.1. The highest BCUT2D eigenvalue weighted by atomic mass is 35.5. The third-order valence-electron chi connectivity index (χ3n) is 3.95. The molecule has 1 aliphatic rings. The number of sulfone groups is 1. The summed E-state index contributed by atoms with van der Waals surface area (Å²) in [6, 6.07) is 1.28. The fraction of sp³-hybridized carbons (Fsp3) is 0.533. The largest absolute Gasteiger partial charge is 0.336 e. The van der Waals surface area contributed by atoms with Crippen molar-refractivity contribution in [3.8, 4) is 0 Å². The number of piperidine rings is 1. The maximum absolute atomic E-state index is 13.9. The van der Waals surface area contributed by atoms with Crippen LogP contribution in [0.25, 0.3) is 0 Å². The van der Waals surface area contributed by atoms with Crippen LogP contribution in [0, 0.1) is 11.6 Å². The van der Waals surface area contributed by atoms with Crippen LogP contribution in [-0.2, 0) is 9.84 Å². The minimum Gasteiger partial charge on any atom is -0.336 e. The number of rotatable bonds is 4. The van der Waals surface area contributed by atoms with E-state index in [1.165, 1.54) is 4.90 Å². The van der Waals surface area contributed by atoms with Crippen LogP contribution in [0.5, 0.6) is 0 Å². The van der Waals surface area contributed by atoms with E-state index < -0.39 is 27.4 Å². The third kappa shape index (κ3) is 4.64. The van der Waals surface area contributed by atoms with Gasteiger partial charge in [0, 0.05) is 18.8 Å². The van der Waals surface area contributed by atoms with E-state index in [4.69, 9.17) is 11.6 Å². The van der Waals surface area contributed by atoms with Crippen LogP contribution in [0.1, 0.15) is 36.0 Å². The Balaban J connectivity index is 2.23. The number of amides is 1. The SMILES string of the molecule is CS(=O)(=O)CC[C@H]1CCCCN1C(=O)c1cc(F)c(Cl)cc1F. The zero-order valence-corrected chi connectivity index (χ0v) is 14.3. The van der Waals surface area contributed by atoms with Gasteiger partial charge in [-0.15, -0.1) is 0 Å². The van der Waals surface area contributed by atoms with Crippen LogP contribution in [0.4, 0.5) is 8.78 Å². The second kappa shape index (κ2) is 7.13. The molecule has 1 aliphatic heterocycles. The smallest absolute Gasteiger partial charge is 0.257 e. The van der Waals surface area contributed by atoms with Crippen molar-refractivity contribution in [2.75, 3.05) is 18.6 Å². The lowest BCUT2D eigenvalue weighted by Crippen LogP contribution is -2.44. The highest BCUT2D eigenvalue weighted by molar-refractivity contribution is 7.90. The van der Waals surface area contributed by atoms with Crippen molar-refractivity contribution in [1.29, 1.82) is 0 Å². The van der Waals surface area contributed by atoms with Crippen molar-refractivity contribution >= 4 is 27.3 Å². The average Bonchev–Trinajstić information content (AvgIpc) is 2.48. The first-order chi connectivity index (χ1) is 10.7. The molecule has 2 rings (SSSR count).